The molecule has 7 heteroatoms. The number of nitrogens with zero attached hydrogens (tertiary/aromatic N) is 3. The van der Waals surface area contributed by atoms with Crippen LogP contribution < -0.4 is 5.73 Å². The quantitative estimate of drug-likeness (QED) is 0.813. The molecule has 6 nitrogen and oxygen atoms in total. The average molecular weight is 272 g/mol. The highest BCUT2D eigenvalue weighted by molar-refractivity contribution is 7.89. The Labute approximate surface area is 108 Å². The normalized spacial score (nSPS) is 17.1. The van der Waals surface area contributed by atoms with Crippen molar-refractivity contribution in [1.29, 1.82) is 0 Å². The predicted octanol–water partition coefficient (Wildman–Crippen LogP) is 0.405. The van der Waals surface area contributed by atoms with Gasteiger partial charge in [-0.3, -0.25) is 0 Å². The number of imidazole rings is 1. The lowest BCUT2D eigenvalue weighted by atomic mass is 9.93. The third kappa shape index (κ3) is 2.43. The monoisotopic (exact) mass is 272 g/mol. The maximum Gasteiger partial charge on any atom is 0.262 e. The van der Waals surface area contributed by atoms with Crippen LogP contribution in [-0.2, 0) is 16.6 Å². The van der Waals surface area contributed by atoms with Crippen molar-refractivity contribution in [2.45, 2.75) is 43.8 Å². The summed E-state index contributed by atoms with van der Waals surface area (Å²) in [4.78, 5) is 4.00. The zero-order valence-electron chi connectivity index (χ0n) is 10.6. The molecule has 1 aliphatic carbocycles. The van der Waals surface area contributed by atoms with Crippen LogP contribution in [0.25, 0.3) is 0 Å². The van der Waals surface area contributed by atoms with E-state index in [2.05, 4.69) is 4.98 Å². The van der Waals surface area contributed by atoms with Gasteiger partial charge in [0.05, 0.1) is 6.33 Å². The van der Waals surface area contributed by atoms with Gasteiger partial charge in [-0.1, -0.05) is 6.42 Å². The van der Waals surface area contributed by atoms with Gasteiger partial charge in [0.1, 0.15) is 0 Å². The van der Waals surface area contributed by atoms with Crippen molar-refractivity contribution in [1.82, 2.24) is 13.9 Å². The Morgan fingerprint density at radius 3 is 2.72 bits per heavy atom. The summed E-state index contributed by atoms with van der Waals surface area (Å²) >= 11 is 0. The molecular weight excluding hydrogens is 252 g/mol. The number of sulfonamides is 1. The minimum Gasteiger partial charge on any atom is -0.336 e. The molecular formula is C11H20N4O2S. The second-order valence-electron chi connectivity index (χ2n) is 4.53. The summed E-state index contributed by atoms with van der Waals surface area (Å²) in [5.74, 6) is 0. The van der Waals surface area contributed by atoms with E-state index in [-0.39, 0.29) is 11.1 Å². The van der Waals surface area contributed by atoms with E-state index in [0.717, 1.165) is 19.3 Å². The molecule has 0 aromatic carbocycles. The van der Waals surface area contributed by atoms with Crippen molar-refractivity contribution in [2.24, 2.45) is 5.73 Å². The number of hydrogen-bond acceptors (Lipinski definition) is 4. The standard InChI is InChI=1S/C11H20N4O2S/c1-2-14-8-11(13-9-14)18(16,17)15(7-6-12)10-4-3-5-10/h8-10H,2-7,12H2,1H3. The van der Waals surface area contributed by atoms with Gasteiger partial charge in [0.25, 0.3) is 10.0 Å². The Bertz CT molecular complexity index is 493. The zero-order valence-corrected chi connectivity index (χ0v) is 11.4. The van der Waals surface area contributed by atoms with Crippen LogP contribution in [0.2, 0.25) is 0 Å². The lowest BCUT2D eigenvalue weighted by molar-refractivity contribution is 0.222. The van der Waals surface area contributed by atoms with Crippen LogP contribution in [0, 0.1) is 0 Å². The number of rotatable bonds is 6. The minimum atomic E-state index is -3.49. The number of hydrogen-bond donors (Lipinski definition) is 1. The molecule has 102 valence electrons. The second-order valence-corrected chi connectivity index (χ2v) is 6.37. The molecule has 0 amide bonds. The van der Waals surface area contributed by atoms with Crippen LogP contribution in [0.1, 0.15) is 26.2 Å². The van der Waals surface area contributed by atoms with Crippen LogP contribution in [0.4, 0.5) is 0 Å². The van der Waals surface area contributed by atoms with Gasteiger partial charge >= 0.3 is 0 Å². The van der Waals surface area contributed by atoms with Gasteiger partial charge in [0.15, 0.2) is 5.03 Å². The maximum absolute atomic E-state index is 12.5. The van der Waals surface area contributed by atoms with E-state index >= 15 is 0 Å². The van der Waals surface area contributed by atoms with E-state index in [1.54, 1.807) is 17.1 Å². The molecule has 2 N–H and O–H groups in total. The van der Waals surface area contributed by atoms with Gasteiger partial charge in [-0.15, -0.1) is 0 Å². The average Bonchev–Trinajstić information content (AvgIpc) is 2.75. The first-order valence-electron chi connectivity index (χ1n) is 6.33. The van der Waals surface area contributed by atoms with E-state index < -0.39 is 10.0 Å². The molecule has 1 heterocycles. The summed E-state index contributed by atoms with van der Waals surface area (Å²) in [6.45, 7) is 3.36. The number of aryl methyl sites for hydroxylation is 1. The molecule has 1 aromatic heterocycles. The molecule has 18 heavy (non-hydrogen) atoms. The van der Waals surface area contributed by atoms with Gasteiger partial charge in [-0.05, 0) is 19.8 Å². The fraction of sp³-hybridized carbons (Fsp3) is 0.727. The Kier molecular flexibility index (Phi) is 4.04. The molecule has 2 rings (SSSR count). The maximum atomic E-state index is 12.5. The van der Waals surface area contributed by atoms with E-state index in [1.807, 2.05) is 6.92 Å². The first kappa shape index (κ1) is 13.5. The molecule has 0 atom stereocenters. The van der Waals surface area contributed by atoms with Gasteiger partial charge in [0, 0.05) is 31.9 Å². The Balaban J connectivity index is 2.26. The first-order chi connectivity index (χ1) is 8.59. The minimum absolute atomic E-state index is 0.102. The summed E-state index contributed by atoms with van der Waals surface area (Å²) < 4.78 is 28.2. The van der Waals surface area contributed by atoms with Crippen LogP contribution in [-0.4, -0.2) is 41.4 Å². The fourth-order valence-electron chi connectivity index (χ4n) is 2.07. The van der Waals surface area contributed by atoms with Crippen molar-refractivity contribution >= 4 is 10.0 Å². The largest absolute Gasteiger partial charge is 0.336 e. The van der Waals surface area contributed by atoms with Crippen molar-refractivity contribution in [3.8, 4) is 0 Å². The molecule has 1 aliphatic rings. The molecule has 1 aromatic rings. The predicted molar refractivity (Wildman–Crippen MR) is 68.5 cm³/mol. The topological polar surface area (TPSA) is 81.2 Å². The Hall–Kier alpha value is -0.920. The first-order valence-corrected chi connectivity index (χ1v) is 7.77. The summed E-state index contributed by atoms with van der Waals surface area (Å²) in [6, 6.07) is 0.102. The Morgan fingerprint density at radius 2 is 2.28 bits per heavy atom. The van der Waals surface area contributed by atoms with Crippen LogP contribution >= 0.6 is 0 Å². The molecule has 1 saturated carbocycles. The van der Waals surface area contributed by atoms with Gasteiger partial charge < -0.3 is 10.3 Å². The van der Waals surface area contributed by atoms with Crippen LogP contribution in [0.5, 0.6) is 0 Å². The molecule has 0 spiro atoms. The lowest BCUT2D eigenvalue weighted by Gasteiger charge is -2.35. The molecule has 0 unspecified atom stereocenters. The number of aromatic nitrogens is 2. The van der Waals surface area contributed by atoms with Crippen molar-refractivity contribution in [3.05, 3.63) is 12.5 Å². The summed E-state index contributed by atoms with van der Waals surface area (Å²) in [5.41, 5.74) is 5.52. The fourth-order valence-corrected chi connectivity index (χ4v) is 3.71. The highest BCUT2D eigenvalue weighted by atomic mass is 32.2. The molecule has 0 radical (unpaired) electrons. The van der Waals surface area contributed by atoms with Crippen LogP contribution in [0.3, 0.4) is 0 Å². The smallest absolute Gasteiger partial charge is 0.262 e. The van der Waals surface area contributed by atoms with Gasteiger partial charge in [-0.2, -0.15) is 4.31 Å². The highest BCUT2D eigenvalue weighted by Gasteiger charge is 2.35. The van der Waals surface area contributed by atoms with Crippen LogP contribution in [0.15, 0.2) is 17.6 Å². The number of nitrogens with two attached hydrogens (primary N) is 1. The van der Waals surface area contributed by atoms with Gasteiger partial charge in [0.2, 0.25) is 0 Å². The second kappa shape index (κ2) is 5.38. The molecule has 1 fully saturated rings. The van der Waals surface area contributed by atoms with Gasteiger partial charge in [-0.25, -0.2) is 13.4 Å². The van der Waals surface area contributed by atoms with Crippen molar-refractivity contribution in [2.75, 3.05) is 13.1 Å². The lowest BCUT2D eigenvalue weighted by Crippen LogP contribution is -2.46. The summed E-state index contributed by atoms with van der Waals surface area (Å²) in [5, 5.41) is 0.129. The summed E-state index contributed by atoms with van der Waals surface area (Å²) in [6.07, 6.45) is 6.07. The SMILES string of the molecule is CCn1cnc(S(=O)(=O)N(CCN)C2CCC2)c1. The molecule has 0 bridgehead atoms. The third-order valence-corrected chi connectivity index (χ3v) is 5.22. The third-order valence-electron chi connectivity index (χ3n) is 3.38. The molecule has 0 aliphatic heterocycles. The molecule has 0 saturated heterocycles. The van der Waals surface area contributed by atoms with E-state index in [9.17, 15) is 8.42 Å². The van der Waals surface area contributed by atoms with Crippen molar-refractivity contribution < 1.29 is 8.42 Å². The Morgan fingerprint density at radius 1 is 1.56 bits per heavy atom. The zero-order chi connectivity index (χ0) is 13.2. The van der Waals surface area contributed by atoms with Crippen molar-refractivity contribution in [3.63, 3.8) is 0 Å². The van der Waals surface area contributed by atoms with E-state index in [4.69, 9.17) is 5.73 Å². The summed E-state index contributed by atoms with van der Waals surface area (Å²) in [7, 11) is -3.49. The van der Waals surface area contributed by atoms with E-state index in [0.29, 0.717) is 19.6 Å². The highest BCUT2D eigenvalue weighted by Crippen LogP contribution is 2.29. The van der Waals surface area contributed by atoms with E-state index in [1.165, 1.54) is 4.31 Å².